The van der Waals surface area contributed by atoms with Crippen molar-refractivity contribution >= 4 is 0 Å². The molecule has 4 heteroatoms. The second-order valence-electron chi connectivity index (χ2n) is 4.69. The first-order valence-electron chi connectivity index (χ1n) is 6.54. The molecule has 1 aliphatic heterocycles. The summed E-state index contributed by atoms with van der Waals surface area (Å²) in [5, 5.41) is 0. The first kappa shape index (κ1) is 13.9. The molecule has 0 amide bonds. The van der Waals surface area contributed by atoms with Gasteiger partial charge < -0.3 is 19.3 Å². The van der Waals surface area contributed by atoms with Gasteiger partial charge in [-0.2, -0.15) is 0 Å². The Bertz CT molecular complexity index is 404. The Morgan fingerprint density at radius 2 is 1.68 bits per heavy atom. The van der Waals surface area contributed by atoms with Gasteiger partial charge in [0, 0.05) is 33.2 Å². The number of rotatable bonds is 6. The van der Waals surface area contributed by atoms with Gasteiger partial charge in [-0.05, 0) is 12.5 Å². The molecule has 0 fully saturated rings. The summed E-state index contributed by atoms with van der Waals surface area (Å²) in [4.78, 5) is 4.53. The van der Waals surface area contributed by atoms with Crippen LogP contribution in [0.15, 0.2) is 42.7 Å². The van der Waals surface area contributed by atoms with Gasteiger partial charge in [-0.3, -0.25) is 0 Å². The lowest BCUT2D eigenvalue weighted by Gasteiger charge is -2.31. The number of hydrogen-bond donors (Lipinski definition) is 0. The highest BCUT2D eigenvalue weighted by atomic mass is 16.7. The number of hydrogen-bond acceptors (Lipinski definition) is 4. The Hall–Kier alpha value is -1.52. The molecule has 0 bridgehead atoms. The summed E-state index contributed by atoms with van der Waals surface area (Å²) >= 11 is 0. The monoisotopic (exact) mass is 262 g/mol. The third-order valence-corrected chi connectivity index (χ3v) is 3.50. The van der Waals surface area contributed by atoms with Crippen LogP contribution in [0.4, 0.5) is 0 Å². The van der Waals surface area contributed by atoms with Gasteiger partial charge in [-0.15, -0.1) is 0 Å². The van der Waals surface area contributed by atoms with Crippen molar-refractivity contribution in [3.05, 3.63) is 48.3 Å². The van der Waals surface area contributed by atoms with Crippen LogP contribution in [0.5, 0.6) is 0 Å². The molecule has 1 aromatic rings. The minimum atomic E-state index is -0.191. The average molecular weight is 262 g/mol. The summed E-state index contributed by atoms with van der Waals surface area (Å²) in [6, 6.07) is 10.5. The van der Waals surface area contributed by atoms with Crippen molar-refractivity contribution in [2.24, 2.45) is 0 Å². The van der Waals surface area contributed by atoms with Crippen LogP contribution < -0.4 is 0 Å². The predicted octanol–water partition coefficient (Wildman–Crippen LogP) is 2.24. The molecule has 1 heterocycles. The minimum absolute atomic E-state index is 0.191. The van der Waals surface area contributed by atoms with Crippen LogP contribution in [0, 0.1) is 0 Å². The number of ether oxygens (including phenoxy) is 2. The molecule has 0 saturated carbocycles. The highest BCUT2D eigenvalue weighted by molar-refractivity contribution is 5.15. The smallest absolute Gasteiger partial charge is 0.174 e. The van der Waals surface area contributed by atoms with E-state index >= 15 is 0 Å². The number of benzene rings is 1. The van der Waals surface area contributed by atoms with E-state index in [-0.39, 0.29) is 6.29 Å². The van der Waals surface area contributed by atoms with Crippen molar-refractivity contribution in [2.75, 3.05) is 20.8 Å². The number of methoxy groups -OCH3 is 2. The maximum Gasteiger partial charge on any atom is 0.174 e. The van der Waals surface area contributed by atoms with Gasteiger partial charge in [-0.1, -0.05) is 30.3 Å². The summed E-state index contributed by atoms with van der Waals surface area (Å²) in [7, 11) is 3.33. The maximum atomic E-state index is 5.25. The molecule has 2 rings (SSSR count). The van der Waals surface area contributed by atoms with Gasteiger partial charge in [0.25, 0.3) is 0 Å². The van der Waals surface area contributed by atoms with E-state index in [9.17, 15) is 0 Å². The van der Waals surface area contributed by atoms with E-state index in [1.54, 1.807) is 14.2 Å². The van der Waals surface area contributed by atoms with Crippen molar-refractivity contribution in [1.29, 1.82) is 0 Å². The van der Waals surface area contributed by atoms with Crippen molar-refractivity contribution < 1.29 is 9.47 Å². The standard InChI is InChI=1S/C15H22N2O2/c1-13-16(11-14-7-5-4-6-8-14)9-10-17(13)12-15(18-2)19-3/h4-10,13,15H,11-12H2,1-3H3. The molecule has 4 nitrogen and oxygen atoms in total. The maximum absolute atomic E-state index is 5.25. The van der Waals surface area contributed by atoms with E-state index < -0.39 is 0 Å². The summed E-state index contributed by atoms with van der Waals surface area (Å²) in [5.41, 5.74) is 1.32. The van der Waals surface area contributed by atoms with Crippen LogP contribution in [0.2, 0.25) is 0 Å². The average Bonchev–Trinajstić information content (AvgIpc) is 2.78. The third-order valence-electron chi connectivity index (χ3n) is 3.50. The Labute approximate surface area is 115 Å². The van der Waals surface area contributed by atoms with Gasteiger partial charge in [-0.25, -0.2) is 0 Å². The summed E-state index contributed by atoms with van der Waals surface area (Å²) in [5.74, 6) is 0. The van der Waals surface area contributed by atoms with E-state index in [4.69, 9.17) is 9.47 Å². The quantitative estimate of drug-likeness (QED) is 0.734. The van der Waals surface area contributed by atoms with E-state index in [1.807, 2.05) is 6.07 Å². The Morgan fingerprint density at radius 3 is 2.32 bits per heavy atom. The molecule has 0 spiro atoms. The third kappa shape index (κ3) is 3.49. The molecule has 1 unspecified atom stereocenters. The van der Waals surface area contributed by atoms with Gasteiger partial charge in [0.05, 0.1) is 12.7 Å². The summed E-state index contributed by atoms with van der Waals surface area (Å²) in [6.07, 6.45) is 4.34. The Balaban J connectivity index is 1.91. The summed E-state index contributed by atoms with van der Waals surface area (Å²) < 4.78 is 10.5. The van der Waals surface area contributed by atoms with E-state index in [0.29, 0.717) is 6.17 Å². The highest BCUT2D eigenvalue weighted by Crippen LogP contribution is 2.19. The summed E-state index contributed by atoms with van der Waals surface area (Å²) in [6.45, 7) is 3.83. The van der Waals surface area contributed by atoms with Crippen LogP contribution in [-0.2, 0) is 16.0 Å². The minimum Gasteiger partial charge on any atom is -0.354 e. The topological polar surface area (TPSA) is 24.9 Å². The fourth-order valence-electron chi connectivity index (χ4n) is 2.22. The molecular formula is C15H22N2O2. The van der Waals surface area contributed by atoms with Crippen LogP contribution in [0.3, 0.4) is 0 Å². The van der Waals surface area contributed by atoms with Crippen molar-refractivity contribution in [3.63, 3.8) is 0 Å². The Kier molecular flexibility index (Phi) is 4.82. The molecule has 1 aliphatic rings. The van der Waals surface area contributed by atoms with Crippen LogP contribution in [0.25, 0.3) is 0 Å². The van der Waals surface area contributed by atoms with Crippen LogP contribution in [0.1, 0.15) is 12.5 Å². The van der Waals surface area contributed by atoms with Gasteiger partial charge in [0.15, 0.2) is 6.29 Å². The largest absolute Gasteiger partial charge is 0.354 e. The zero-order chi connectivity index (χ0) is 13.7. The normalized spacial score (nSPS) is 18.6. The lowest BCUT2D eigenvalue weighted by molar-refractivity contribution is -0.116. The molecule has 0 aromatic heterocycles. The van der Waals surface area contributed by atoms with E-state index in [0.717, 1.165) is 13.1 Å². The zero-order valence-corrected chi connectivity index (χ0v) is 11.8. The number of nitrogens with zero attached hydrogens (tertiary/aromatic N) is 2. The van der Waals surface area contributed by atoms with Crippen molar-refractivity contribution in [3.8, 4) is 0 Å². The van der Waals surface area contributed by atoms with E-state index in [2.05, 4.69) is 53.4 Å². The molecule has 1 atom stereocenters. The fourth-order valence-corrected chi connectivity index (χ4v) is 2.22. The SMILES string of the molecule is COC(CN1C=CN(Cc2ccccc2)C1C)OC. The van der Waals surface area contributed by atoms with Crippen molar-refractivity contribution in [1.82, 2.24) is 9.80 Å². The van der Waals surface area contributed by atoms with Gasteiger partial charge in [0.1, 0.15) is 0 Å². The van der Waals surface area contributed by atoms with Crippen LogP contribution >= 0.6 is 0 Å². The molecule has 0 saturated heterocycles. The second kappa shape index (κ2) is 6.59. The lowest BCUT2D eigenvalue weighted by atomic mass is 10.2. The molecule has 1 aromatic carbocycles. The second-order valence-corrected chi connectivity index (χ2v) is 4.69. The first-order chi connectivity index (χ1) is 9.24. The lowest BCUT2D eigenvalue weighted by Crippen LogP contribution is -2.40. The molecule has 19 heavy (non-hydrogen) atoms. The zero-order valence-electron chi connectivity index (χ0n) is 11.8. The van der Waals surface area contributed by atoms with E-state index in [1.165, 1.54) is 5.56 Å². The Morgan fingerprint density at radius 1 is 1.05 bits per heavy atom. The van der Waals surface area contributed by atoms with Crippen LogP contribution in [-0.4, -0.2) is 43.0 Å². The predicted molar refractivity (Wildman–Crippen MR) is 75.1 cm³/mol. The molecule has 0 N–H and O–H groups in total. The molecular weight excluding hydrogens is 240 g/mol. The highest BCUT2D eigenvalue weighted by Gasteiger charge is 2.24. The molecule has 0 aliphatic carbocycles. The van der Waals surface area contributed by atoms with Gasteiger partial charge >= 0.3 is 0 Å². The fraction of sp³-hybridized carbons (Fsp3) is 0.467. The van der Waals surface area contributed by atoms with Gasteiger partial charge in [0.2, 0.25) is 0 Å². The first-order valence-corrected chi connectivity index (χ1v) is 6.54. The molecule has 104 valence electrons. The van der Waals surface area contributed by atoms with Crippen molar-refractivity contribution in [2.45, 2.75) is 25.9 Å². The molecule has 0 radical (unpaired) electrons.